The smallest absolute Gasteiger partial charge is 0.243 e. The van der Waals surface area contributed by atoms with Gasteiger partial charge in [0.1, 0.15) is 0 Å². The molecule has 5 nitrogen and oxygen atoms in total. The summed E-state index contributed by atoms with van der Waals surface area (Å²) in [5.74, 6) is 0. The van der Waals surface area contributed by atoms with Gasteiger partial charge in [0.15, 0.2) is 0 Å². The molecule has 2 heterocycles. The lowest BCUT2D eigenvalue weighted by Gasteiger charge is -2.18. The fraction of sp³-hybridized carbons (Fsp3) is 0.667. The van der Waals surface area contributed by atoms with Gasteiger partial charge in [-0.3, -0.25) is 0 Å². The Morgan fingerprint density at radius 2 is 2.26 bits per heavy atom. The van der Waals surface area contributed by atoms with Crippen LogP contribution < -0.4 is 5.32 Å². The number of rotatable bonds is 5. The average Bonchev–Trinajstić information content (AvgIpc) is 2.70. The molecular weight excluding hydrogens is 284 g/mol. The average molecular weight is 304 g/mol. The number of thiophene rings is 1. The predicted octanol–water partition coefficient (Wildman–Crippen LogP) is 1.27. The Morgan fingerprint density at radius 1 is 1.42 bits per heavy atom. The molecule has 1 aromatic rings. The van der Waals surface area contributed by atoms with Crippen molar-refractivity contribution >= 4 is 21.4 Å². The quantitative estimate of drug-likeness (QED) is 0.890. The fourth-order valence-corrected chi connectivity index (χ4v) is 4.64. The van der Waals surface area contributed by atoms with Crippen molar-refractivity contribution in [3.8, 4) is 0 Å². The number of hydrogen-bond acceptors (Lipinski definition) is 5. The van der Waals surface area contributed by atoms with Gasteiger partial charge in [0.25, 0.3) is 0 Å². The van der Waals surface area contributed by atoms with E-state index in [-0.39, 0.29) is 0 Å². The number of nitrogens with one attached hydrogen (secondary N) is 1. The molecule has 108 valence electrons. The molecule has 7 heteroatoms. The van der Waals surface area contributed by atoms with Crippen molar-refractivity contribution in [2.75, 3.05) is 32.8 Å². The van der Waals surface area contributed by atoms with Crippen molar-refractivity contribution in [1.29, 1.82) is 0 Å². The molecule has 1 saturated heterocycles. The highest BCUT2D eigenvalue weighted by Crippen LogP contribution is 2.23. The standard InChI is InChI=1S/C12H20N2O3S2/c1-2-13-9-11-8-12(10-18-11)19(15,16)14-4-3-6-17-7-5-14/h8,10,13H,2-7,9H2,1H3. The Kier molecular flexibility index (Phi) is 5.35. The maximum atomic E-state index is 12.5. The summed E-state index contributed by atoms with van der Waals surface area (Å²) in [5.41, 5.74) is 0. The van der Waals surface area contributed by atoms with Crippen LogP contribution in [0.5, 0.6) is 0 Å². The predicted molar refractivity (Wildman–Crippen MR) is 75.9 cm³/mol. The molecular formula is C12H20N2O3S2. The minimum Gasteiger partial charge on any atom is -0.380 e. The molecule has 0 unspecified atom stereocenters. The van der Waals surface area contributed by atoms with Gasteiger partial charge in [-0.05, 0) is 19.0 Å². The zero-order valence-electron chi connectivity index (χ0n) is 11.1. The highest BCUT2D eigenvalue weighted by molar-refractivity contribution is 7.89. The molecule has 0 amide bonds. The number of ether oxygens (including phenoxy) is 1. The van der Waals surface area contributed by atoms with Gasteiger partial charge in [-0.2, -0.15) is 4.31 Å². The maximum absolute atomic E-state index is 12.5. The van der Waals surface area contributed by atoms with Crippen molar-refractivity contribution in [3.05, 3.63) is 16.3 Å². The van der Waals surface area contributed by atoms with Crippen LogP contribution in [0.3, 0.4) is 0 Å². The van der Waals surface area contributed by atoms with Gasteiger partial charge in [-0.25, -0.2) is 8.42 Å². The molecule has 0 spiro atoms. The first kappa shape index (κ1) is 14.9. The van der Waals surface area contributed by atoms with Crippen LogP contribution in [0, 0.1) is 0 Å². The van der Waals surface area contributed by atoms with Crippen LogP contribution in [-0.4, -0.2) is 45.6 Å². The van der Waals surface area contributed by atoms with Crippen molar-refractivity contribution in [1.82, 2.24) is 9.62 Å². The molecule has 1 N–H and O–H groups in total. The van der Waals surface area contributed by atoms with E-state index in [1.54, 1.807) is 11.4 Å². The van der Waals surface area contributed by atoms with Gasteiger partial charge in [-0.1, -0.05) is 6.92 Å². The second kappa shape index (κ2) is 6.81. The van der Waals surface area contributed by atoms with Crippen LogP contribution >= 0.6 is 11.3 Å². The second-order valence-electron chi connectivity index (χ2n) is 4.40. The van der Waals surface area contributed by atoms with Crippen molar-refractivity contribution in [2.45, 2.75) is 24.8 Å². The van der Waals surface area contributed by atoms with Gasteiger partial charge < -0.3 is 10.1 Å². The van der Waals surface area contributed by atoms with E-state index in [0.29, 0.717) is 31.2 Å². The number of nitrogens with zero attached hydrogens (tertiary/aromatic N) is 1. The fourth-order valence-electron chi connectivity index (χ4n) is 1.95. The zero-order valence-corrected chi connectivity index (χ0v) is 12.7. The van der Waals surface area contributed by atoms with Crippen LogP contribution in [0.1, 0.15) is 18.2 Å². The lowest BCUT2D eigenvalue weighted by Crippen LogP contribution is -2.33. The summed E-state index contributed by atoms with van der Waals surface area (Å²) in [5, 5.41) is 4.93. The lowest BCUT2D eigenvalue weighted by molar-refractivity contribution is 0.148. The van der Waals surface area contributed by atoms with Crippen molar-refractivity contribution in [3.63, 3.8) is 0 Å². The molecule has 0 saturated carbocycles. The minimum atomic E-state index is -3.35. The zero-order chi connectivity index (χ0) is 13.7. The molecule has 0 aliphatic carbocycles. The highest BCUT2D eigenvalue weighted by atomic mass is 32.2. The van der Waals surface area contributed by atoms with E-state index in [2.05, 4.69) is 5.32 Å². The third-order valence-electron chi connectivity index (χ3n) is 3.00. The van der Waals surface area contributed by atoms with Crippen LogP contribution in [0.2, 0.25) is 0 Å². The largest absolute Gasteiger partial charge is 0.380 e. The summed E-state index contributed by atoms with van der Waals surface area (Å²) in [6.07, 6.45) is 0.758. The minimum absolute atomic E-state index is 0.410. The Hall–Kier alpha value is -0.470. The van der Waals surface area contributed by atoms with Crippen LogP contribution in [0.25, 0.3) is 0 Å². The summed E-state index contributed by atoms with van der Waals surface area (Å²) in [6, 6.07) is 1.77. The van der Waals surface area contributed by atoms with Crippen molar-refractivity contribution < 1.29 is 13.2 Å². The van der Waals surface area contributed by atoms with Crippen LogP contribution in [0.4, 0.5) is 0 Å². The van der Waals surface area contributed by atoms with Crippen molar-refractivity contribution in [2.24, 2.45) is 0 Å². The third-order valence-corrected chi connectivity index (χ3v) is 5.96. The Labute approximate surface area is 118 Å². The summed E-state index contributed by atoms with van der Waals surface area (Å²) < 4.78 is 31.8. The third kappa shape index (κ3) is 3.76. The van der Waals surface area contributed by atoms with Gasteiger partial charge >= 0.3 is 0 Å². The molecule has 2 rings (SSSR count). The lowest BCUT2D eigenvalue weighted by atomic mass is 10.4. The molecule has 1 fully saturated rings. The molecule has 0 atom stereocenters. The normalized spacial score (nSPS) is 18.4. The Balaban J connectivity index is 2.11. The van der Waals surface area contributed by atoms with Crippen LogP contribution in [0.15, 0.2) is 16.3 Å². The summed E-state index contributed by atoms with van der Waals surface area (Å²) >= 11 is 1.49. The van der Waals surface area contributed by atoms with E-state index in [1.807, 2.05) is 6.92 Å². The van der Waals surface area contributed by atoms with E-state index >= 15 is 0 Å². The first-order valence-electron chi connectivity index (χ1n) is 6.50. The molecule has 0 radical (unpaired) electrons. The second-order valence-corrected chi connectivity index (χ2v) is 7.33. The number of hydrogen-bond donors (Lipinski definition) is 1. The SMILES string of the molecule is CCNCc1cc(S(=O)(=O)N2CCCOCC2)cs1. The topological polar surface area (TPSA) is 58.6 Å². The van der Waals surface area contributed by atoms with Gasteiger partial charge in [0.2, 0.25) is 10.0 Å². The molecule has 19 heavy (non-hydrogen) atoms. The molecule has 1 aromatic heterocycles. The Bertz CT molecular complexity index is 491. The van der Waals surface area contributed by atoms with E-state index in [9.17, 15) is 8.42 Å². The van der Waals surface area contributed by atoms with E-state index < -0.39 is 10.0 Å². The Morgan fingerprint density at radius 3 is 3.05 bits per heavy atom. The van der Waals surface area contributed by atoms with E-state index in [0.717, 1.165) is 24.4 Å². The summed E-state index contributed by atoms with van der Waals surface area (Å²) in [6.45, 7) is 5.74. The number of sulfonamides is 1. The monoisotopic (exact) mass is 304 g/mol. The molecule has 1 aliphatic rings. The first-order valence-corrected chi connectivity index (χ1v) is 8.82. The summed E-state index contributed by atoms with van der Waals surface area (Å²) in [4.78, 5) is 1.46. The molecule has 1 aliphatic heterocycles. The van der Waals surface area contributed by atoms with Gasteiger partial charge in [-0.15, -0.1) is 11.3 Å². The molecule has 0 aromatic carbocycles. The first-order chi connectivity index (χ1) is 9.14. The van der Waals surface area contributed by atoms with E-state index in [4.69, 9.17) is 4.74 Å². The van der Waals surface area contributed by atoms with Crippen LogP contribution in [-0.2, 0) is 21.3 Å². The van der Waals surface area contributed by atoms with Gasteiger partial charge in [0, 0.05) is 36.5 Å². The maximum Gasteiger partial charge on any atom is 0.243 e. The molecule has 0 bridgehead atoms. The summed E-state index contributed by atoms with van der Waals surface area (Å²) in [7, 11) is -3.35. The highest BCUT2D eigenvalue weighted by Gasteiger charge is 2.26. The van der Waals surface area contributed by atoms with E-state index in [1.165, 1.54) is 15.6 Å². The van der Waals surface area contributed by atoms with Gasteiger partial charge in [0.05, 0.1) is 11.5 Å².